The van der Waals surface area contributed by atoms with Crippen molar-refractivity contribution in [1.29, 1.82) is 0 Å². The number of hydrogen-bond acceptors (Lipinski definition) is 3. The van der Waals surface area contributed by atoms with Gasteiger partial charge in [0.25, 0.3) is 0 Å². The lowest BCUT2D eigenvalue weighted by Crippen LogP contribution is -1.87. The Hall–Kier alpha value is -1.42. The van der Waals surface area contributed by atoms with E-state index in [-0.39, 0.29) is 0 Å². The summed E-state index contributed by atoms with van der Waals surface area (Å²) in [5, 5.41) is 0. The molecule has 0 atom stereocenters. The first-order valence-electron chi connectivity index (χ1n) is 4.04. The predicted molar refractivity (Wildman–Crippen MR) is 56.2 cm³/mol. The quantitative estimate of drug-likeness (QED) is 0.822. The molecule has 2 aromatic rings. The molecule has 0 saturated heterocycles. The first kappa shape index (κ1) is 9.15. The zero-order valence-corrected chi connectivity index (χ0v) is 8.81. The van der Waals surface area contributed by atoms with E-state index in [0.29, 0.717) is 11.6 Å². The maximum absolute atomic E-state index is 5.44. The SMILES string of the molecule is Brc1ccc(Oc2cccnc2)nc1. The van der Waals surface area contributed by atoms with Crippen LogP contribution in [0, 0.1) is 0 Å². The molecular weight excluding hydrogens is 244 g/mol. The largest absolute Gasteiger partial charge is 0.437 e. The number of rotatable bonds is 2. The van der Waals surface area contributed by atoms with Crippen LogP contribution in [0.25, 0.3) is 0 Å². The summed E-state index contributed by atoms with van der Waals surface area (Å²) in [5.74, 6) is 1.24. The molecule has 2 aromatic heterocycles. The highest BCUT2D eigenvalue weighted by atomic mass is 79.9. The van der Waals surface area contributed by atoms with E-state index in [1.165, 1.54) is 0 Å². The summed E-state index contributed by atoms with van der Waals surface area (Å²) < 4.78 is 6.37. The molecule has 2 heterocycles. The highest BCUT2D eigenvalue weighted by Gasteiger charge is 1.96. The van der Waals surface area contributed by atoms with Gasteiger partial charge in [0.15, 0.2) is 0 Å². The lowest BCUT2D eigenvalue weighted by Gasteiger charge is -2.02. The zero-order valence-electron chi connectivity index (χ0n) is 7.22. The molecule has 14 heavy (non-hydrogen) atoms. The van der Waals surface area contributed by atoms with Crippen molar-refractivity contribution in [2.75, 3.05) is 0 Å². The predicted octanol–water partition coefficient (Wildman–Crippen LogP) is 3.03. The van der Waals surface area contributed by atoms with Crippen LogP contribution in [0.2, 0.25) is 0 Å². The molecule has 0 spiro atoms. The van der Waals surface area contributed by atoms with E-state index in [1.807, 2.05) is 18.2 Å². The molecule has 0 aromatic carbocycles. The molecule has 2 rings (SSSR count). The number of aromatic nitrogens is 2. The van der Waals surface area contributed by atoms with E-state index in [0.717, 1.165) is 4.47 Å². The van der Waals surface area contributed by atoms with Gasteiger partial charge in [0.05, 0.1) is 6.20 Å². The van der Waals surface area contributed by atoms with Crippen molar-refractivity contribution >= 4 is 15.9 Å². The normalized spacial score (nSPS) is 9.79. The van der Waals surface area contributed by atoms with Crippen LogP contribution in [0.4, 0.5) is 0 Å². The van der Waals surface area contributed by atoms with Crippen LogP contribution in [0.1, 0.15) is 0 Å². The van der Waals surface area contributed by atoms with Crippen molar-refractivity contribution in [1.82, 2.24) is 9.97 Å². The van der Waals surface area contributed by atoms with Crippen molar-refractivity contribution in [2.45, 2.75) is 0 Å². The van der Waals surface area contributed by atoms with Gasteiger partial charge in [-0.1, -0.05) is 0 Å². The molecular formula is C10H7BrN2O. The number of hydrogen-bond donors (Lipinski definition) is 0. The minimum atomic E-state index is 0.557. The van der Waals surface area contributed by atoms with Crippen LogP contribution in [0.3, 0.4) is 0 Å². The van der Waals surface area contributed by atoms with E-state index in [2.05, 4.69) is 25.9 Å². The molecule has 0 saturated carbocycles. The summed E-state index contributed by atoms with van der Waals surface area (Å²) in [5.41, 5.74) is 0. The number of nitrogens with zero attached hydrogens (tertiary/aromatic N) is 2. The molecule has 0 amide bonds. The van der Waals surface area contributed by atoms with Crippen LogP contribution < -0.4 is 4.74 Å². The van der Waals surface area contributed by atoms with E-state index < -0.39 is 0 Å². The van der Waals surface area contributed by atoms with Crippen LogP contribution in [0.15, 0.2) is 47.3 Å². The number of ether oxygens (including phenoxy) is 1. The molecule has 0 aliphatic rings. The Balaban J connectivity index is 2.16. The summed E-state index contributed by atoms with van der Waals surface area (Å²) in [6.07, 6.45) is 5.03. The molecule has 0 radical (unpaired) electrons. The van der Waals surface area contributed by atoms with Gasteiger partial charge < -0.3 is 4.74 Å². The van der Waals surface area contributed by atoms with E-state index in [4.69, 9.17) is 4.74 Å². The zero-order chi connectivity index (χ0) is 9.80. The number of pyridine rings is 2. The summed E-state index contributed by atoms with van der Waals surface area (Å²) >= 11 is 3.30. The molecule has 0 N–H and O–H groups in total. The van der Waals surface area contributed by atoms with E-state index >= 15 is 0 Å². The second-order valence-electron chi connectivity index (χ2n) is 2.61. The third-order valence-corrected chi connectivity index (χ3v) is 2.03. The summed E-state index contributed by atoms with van der Waals surface area (Å²) in [7, 11) is 0. The maximum Gasteiger partial charge on any atom is 0.219 e. The maximum atomic E-state index is 5.44. The van der Waals surface area contributed by atoms with Gasteiger partial charge in [0.2, 0.25) is 5.88 Å². The molecule has 3 nitrogen and oxygen atoms in total. The van der Waals surface area contributed by atoms with E-state index in [1.54, 1.807) is 24.7 Å². The van der Waals surface area contributed by atoms with Crippen molar-refractivity contribution in [2.24, 2.45) is 0 Å². The Morgan fingerprint density at radius 1 is 1.14 bits per heavy atom. The molecule has 4 heteroatoms. The summed E-state index contributed by atoms with van der Waals surface area (Å²) in [6, 6.07) is 7.31. The fourth-order valence-electron chi connectivity index (χ4n) is 0.951. The third-order valence-electron chi connectivity index (χ3n) is 1.56. The minimum Gasteiger partial charge on any atom is -0.437 e. The van der Waals surface area contributed by atoms with Crippen molar-refractivity contribution < 1.29 is 4.74 Å². The van der Waals surface area contributed by atoms with Crippen molar-refractivity contribution in [3.05, 3.63) is 47.3 Å². The Morgan fingerprint density at radius 2 is 2.07 bits per heavy atom. The van der Waals surface area contributed by atoms with Crippen molar-refractivity contribution in [3.63, 3.8) is 0 Å². The highest BCUT2D eigenvalue weighted by Crippen LogP contribution is 2.18. The van der Waals surface area contributed by atoms with Gasteiger partial charge in [0, 0.05) is 22.9 Å². The van der Waals surface area contributed by atoms with Gasteiger partial charge in [0.1, 0.15) is 5.75 Å². The van der Waals surface area contributed by atoms with Crippen LogP contribution in [0.5, 0.6) is 11.6 Å². The van der Waals surface area contributed by atoms with Gasteiger partial charge in [-0.15, -0.1) is 0 Å². The Morgan fingerprint density at radius 3 is 2.71 bits per heavy atom. The van der Waals surface area contributed by atoms with Crippen molar-refractivity contribution in [3.8, 4) is 11.6 Å². The monoisotopic (exact) mass is 250 g/mol. The fourth-order valence-corrected chi connectivity index (χ4v) is 1.19. The first-order chi connectivity index (χ1) is 6.84. The van der Waals surface area contributed by atoms with E-state index in [9.17, 15) is 0 Å². The Bertz CT molecular complexity index is 402. The molecule has 0 fully saturated rings. The fraction of sp³-hybridized carbons (Fsp3) is 0. The second-order valence-corrected chi connectivity index (χ2v) is 3.52. The Labute approximate surface area is 89.9 Å². The Kier molecular flexibility index (Phi) is 2.74. The standard InChI is InChI=1S/C10H7BrN2O/c11-8-3-4-10(13-6-8)14-9-2-1-5-12-7-9/h1-7H. The smallest absolute Gasteiger partial charge is 0.219 e. The third kappa shape index (κ3) is 2.29. The van der Waals surface area contributed by atoms with Gasteiger partial charge in [-0.05, 0) is 34.1 Å². The van der Waals surface area contributed by atoms with Gasteiger partial charge >= 0.3 is 0 Å². The molecule has 0 unspecified atom stereocenters. The second kappa shape index (κ2) is 4.19. The number of halogens is 1. The minimum absolute atomic E-state index is 0.557. The average molecular weight is 251 g/mol. The average Bonchev–Trinajstić information content (AvgIpc) is 2.23. The highest BCUT2D eigenvalue weighted by molar-refractivity contribution is 9.10. The molecule has 0 aliphatic heterocycles. The summed E-state index contributed by atoms with van der Waals surface area (Å²) in [6.45, 7) is 0. The van der Waals surface area contributed by atoms with Crippen LogP contribution in [-0.2, 0) is 0 Å². The molecule has 70 valence electrons. The lowest BCUT2D eigenvalue weighted by atomic mass is 10.4. The molecule has 0 aliphatic carbocycles. The van der Waals surface area contributed by atoms with Gasteiger partial charge in [-0.2, -0.15) is 0 Å². The lowest BCUT2D eigenvalue weighted by molar-refractivity contribution is 0.460. The molecule has 0 bridgehead atoms. The van der Waals surface area contributed by atoms with Gasteiger partial charge in [-0.3, -0.25) is 4.98 Å². The first-order valence-corrected chi connectivity index (χ1v) is 4.83. The topological polar surface area (TPSA) is 35.0 Å². The van der Waals surface area contributed by atoms with Crippen LogP contribution >= 0.6 is 15.9 Å². The van der Waals surface area contributed by atoms with Crippen LogP contribution in [-0.4, -0.2) is 9.97 Å². The summed E-state index contributed by atoms with van der Waals surface area (Å²) in [4.78, 5) is 8.01. The van der Waals surface area contributed by atoms with Gasteiger partial charge in [-0.25, -0.2) is 4.98 Å².